The van der Waals surface area contributed by atoms with Crippen LogP contribution in [0, 0.1) is 0 Å². The molecule has 4 rings (SSSR count). The number of halogens is 1. The van der Waals surface area contributed by atoms with Gasteiger partial charge in [0, 0.05) is 29.1 Å². The molecule has 0 spiro atoms. The summed E-state index contributed by atoms with van der Waals surface area (Å²) in [6.45, 7) is 0.558. The lowest BCUT2D eigenvalue weighted by Crippen LogP contribution is -2.41. The van der Waals surface area contributed by atoms with Crippen molar-refractivity contribution >= 4 is 38.9 Å². The summed E-state index contributed by atoms with van der Waals surface area (Å²) in [5.41, 5.74) is 2.68. The van der Waals surface area contributed by atoms with E-state index in [1.54, 1.807) is 67.9 Å². The molecule has 0 unspecified atom stereocenters. The van der Waals surface area contributed by atoms with Gasteiger partial charge in [0.1, 0.15) is 5.75 Å². The summed E-state index contributed by atoms with van der Waals surface area (Å²) < 4.78 is 35.8. The van der Waals surface area contributed by atoms with Crippen molar-refractivity contribution in [2.45, 2.75) is 0 Å². The number of benzene rings is 2. The fourth-order valence-corrected chi connectivity index (χ4v) is 4.74. The number of nitrogens with zero attached hydrogens (tertiary/aromatic N) is 2. The number of hydrogen-bond donors (Lipinski definition) is 1. The molecule has 0 aliphatic carbocycles. The Morgan fingerprint density at radius 3 is 2.66 bits per heavy atom. The summed E-state index contributed by atoms with van der Waals surface area (Å²) >= 11 is 6.34. The molecule has 0 bridgehead atoms. The molecule has 2 heterocycles. The van der Waals surface area contributed by atoms with Crippen LogP contribution in [-0.4, -0.2) is 45.5 Å². The van der Waals surface area contributed by atoms with E-state index in [1.807, 2.05) is 0 Å². The first-order valence-corrected chi connectivity index (χ1v) is 11.7. The van der Waals surface area contributed by atoms with Gasteiger partial charge in [-0.3, -0.25) is 14.1 Å². The van der Waals surface area contributed by atoms with E-state index in [0.717, 1.165) is 0 Å². The number of rotatable bonds is 5. The zero-order chi connectivity index (χ0) is 22.7. The molecular formula is C22H20ClN3O5S. The molecule has 166 valence electrons. The average molecular weight is 474 g/mol. The van der Waals surface area contributed by atoms with Gasteiger partial charge in [-0.15, -0.1) is 0 Å². The predicted molar refractivity (Wildman–Crippen MR) is 123 cm³/mol. The van der Waals surface area contributed by atoms with E-state index in [0.29, 0.717) is 45.6 Å². The molecule has 0 radical (unpaired) electrons. The summed E-state index contributed by atoms with van der Waals surface area (Å²) in [7, 11) is -1.95. The van der Waals surface area contributed by atoms with Gasteiger partial charge >= 0.3 is 0 Å². The normalized spacial score (nSPS) is 15.2. The molecule has 1 aromatic heterocycles. The first-order chi connectivity index (χ1) is 15.4. The van der Waals surface area contributed by atoms with Gasteiger partial charge in [-0.05, 0) is 48.5 Å². The van der Waals surface area contributed by atoms with Crippen LogP contribution >= 0.6 is 11.6 Å². The number of hydrogen-bond acceptors (Lipinski definition) is 6. The van der Waals surface area contributed by atoms with Crippen molar-refractivity contribution in [1.29, 1.82) is 0 Å². The highest BCUT2D eigenvalue weighted by molar-refractivity contribution is 7.92. The topological polar surface area (TPSA) is 97.8 Å². The summed E-state index contributed by atoms with van der Waals surface area (Å²) in [5, 5.41) is 3.32. The molecule has 1 amide bonds. The largest absolute Gasteiger partial charge is 0.497 e. The highest BCUT2D eigenvalue weighted by atomic mass is 35.5. The lowest BCUT2D eigenvalue weighted by Gasteiger charge is -2.28. The molecule has 1 fully saturated rings. The molecule has 1 aliphatic heterocycles. The Balaban J connectivity index is 1.53. The SMILES string of the molecule is COc1ccnc(-c2cc(NC(=O)c3ccc(N4CCOCS4(=O)=O)cc3)ccc2Cl)c1. The van der Waals surface area contributed by atoms with Crippen LogP contribution in [0.5, 0.6) is 5.75 Å². The minimum Gasteiger partial charge on any atom is -0.497 e. The Hall–Kier alpha value is -3.14. The fraction of sp³-hybridized carbons (Fsp3) is 0.182. The van der Waals surface area contributed by atoms with Crippen molar-refractivity contribution < 1.29 is 22.7 Å². The Labute approximate surface area is 190 Å². The molecular weight excluding hydrogens is 454 g/mol. The van der Waals surface area contributed by atoms with Crippen LogP contribution in [0.4, 0.5) is 11.4 Å². The molecule has 0 atom stereocenters. The molecule has 32 heavy (non-hydrogen) atoms. The van der Waals surface area contributed by atoms with Crippen molar-refractivity contribution in [2.75, 3.05) is 35.8 Å². The van der Waals surface area contributed by atoms with E-state index in [9.17, 15) is 13.2 Å². The number of amides is 1. The van der Waals surface area contributed by atoms with E-state index in [2.05, 4.69) is 10.3 Å². The first-order valence-electron chi connectivity index (χ1n) is 9.67. The van der Waals surface area contributed by atoms with Crippen LogP contribution in [0.3, 0.4) is 0 Å². The van der Waals surface area contributed by atoms with Gasteiger partial charge in [-0.25, -0.2) is 8.42 Å². The lowest BCUT2D eigenvalue weighted by molar-refractivity contribution is 0.102. The third kappa shape index (κ3) is 4.69. The van der Waals surface area contributed by atoms with Crippen molar-refractivity contribution in [2.24, 2.45) is 0 Å². The van der Waals surface area contributed by atoms with E-state index >= 15 is 0 Å². The van der Waals surface area contributed by atoms with Gasteiger partial charge in [-0.2, -0.15) is 0 Å². The molecule has 10 heteroatoms. The summed E-state index contributed by atoms with van der Waals surface area (Å²) in [4.78, 5) is 17.1. The quantitative estimate of drug-likeness (QED) is 0.605. The van der Waals surface area contributed by atoms with Crippen LogP contribution < -0.4 is 14.4 Å². The smallest absolute Gasteiger partial charge is 0.259 e. The molecule has 1 N–H and O–H groups in total. The maximum absolute atomic E-state index is 12.7. The predicted octanol–water partition coefficient (Wildman–Crippen LogP) is 3.79. The van der Waals surface area contributed by atoms with Gasteiger partial charge in [0.25, 0.3) is 15.9 Å². The van der Waals surface area contributed by atoms with Gasteiger partial charge in [0.05, 0.1) is 36.7 Å². The second-order valence-corrected chi connectivity index (χ2v) is 9.23. The minimum atomic E-state index is -3.52. The van der Waals surface area contributed by atoms with Gasteiger partial charge in [-0.1, -0.05) is 11.6 Å². The van der Waals surface area contributed by atoms with E-state index in [4.69, 9.17) is 21.1 Å². The molecule has 1 saturated heterocycles. The Morgan fingerprint density at radius 2 is 1.94 bits per heavy atom. The number of aromatic nitrogens is 1. The Kier molecular flexibility index (Phi) is 6.31. The minimum absolute atomic E-state index is 0.236. The second-order valence-electron chi connectivity index (χ2n) is 6.99. The standard InChI is InChI=1S/C22H20ClN3O5S/c1-30-18-8-9-24-21(13-18)19-12-16(4-7-20(19)23)25-22(27)15-2-5-17(6-3-15)26-10-11-31-14-32(26,28)29/h2-9,12-13H,10-11,14H2,1H3,(H,25,27). The maximum Gasteiger partial charge on any atom is 0.259 e. The average Bonchev–Trinajstić information content (AvgIpc) is 2.80. The fourth-order valence-electron chi connectivity index (χ4n) is 3.27. The third-order valence-corrected chi connectivity index (χ3v) is 6.75. The zero-order valence-corrected chi connectivity index (χ0v) is 18.7. The number of methoxy groups -OCH3 is 1. The molecule has 8 nitrogen and oxygen atoms in total. The first kappa shape index (κ1) is 22.1. The number of carbonyl (C=O) groups excluding carboxylic acids is 1. The number of nitrogens with one attached hydrogen (secondary N) is 1. The summed E-state index contributed by atoms with van der Waals surface area (Å²) in [6.07, 6.45) is 1.62. The van der Waals surface area contributed by atoms with E-state index < -0.39 is 10.0 Å². The number of sulfonamides is 1. The van der Waals surface area contributed by atoms with Gasteiger partial charge < -0.3 is 14.8 Å². The molecule has 0 saturated carbocycles. The zero-order valence-electron chi connectivity index (χ0n) is 17.1. The maximum atomic E-state index is 12.7. The van der Waals surface area contributed by atoms with Gasteiger partial charge in [0.2, 0.25) is 0 Å². The van der Waals surface area contributed by atoms with Crippen LogP contribution in [0.1, 0.15) is 10.4 Å². The molecule has 3 aromatic rings. The monoisotopic (exact) mass is 473 g/mol. The van der Waals surface area contributed by atoms with Gasteiger partial charge in [0.15, 0.2) is 5.94 Å². The Bertz CT molecular complexity index is 1250. The number of anilines is 2. The number of carbonyl (C=O) groups is 1. The van der Waals surface area contributed by atoms with Crippen molar-refractivity contribution in [3.63, 3.8) is 0 Å². The van der Waals surface area contributed by atoms with Crippen molar-refractivity contribution in [1.82, 2.24) is 4.98 Å². The van der Waals surface area contributed by atoms with Crippen LogP contribution in [0.25, 0.3) is 11.3 Å². The lowest BCUT2D eigenvalue weighted by atomic mass is 10.1. The molecule has 2 aromatic carbocycles. The van der Waals surface area contributed by atoms with Crippen LogP contribution in [0.2, 0.25) is 5.02 Å². The third-order valence-electron chi connectivity index (χ3n) is 4.89. The number of ether oxygens (including phenoxy) is 2. The van der Waals surface area contributed by atoms with E-state index in [-0.39, 0.29) is 18.4 Å². The number of pyridine rings is 1. The summed E-state index contributed by atoms with van der Waals surface area (Å²) in [5.74, 6) is -0.0489. The van der Waals surface area contributed by atoms with Crippen molar-refractivity contribution in [3.05, 3.63) is 71.4 Å². The van der Waals surface area contributed by atoms with Crippen LogP contribution in [-0.2, 0) is 14.8 Å². The van der Waals surface area contributed by atoms with Crippen molar-refractivity contribution in [3.8, 4) is 17.0 Å². The Morgan fingerprint density at radius 1 is 1.16 bits per heavy atom. The second kappa shape index (κ2) is 9.15. The van der Waals surface area contributed by atoms with E-state index in [1.165, 1.54) is 4.31 Å². The molecule has 1 aliphatic rings. The summed E-state index contributed by atoms with van der Waals surface area (Å²) in [6, 6.07) is 15.0. The highest BCUT2D eigenvalue weighted by Crippen LogP contribution is 2.31. The highest BCUT2D eigenvalue weighted by Gasteiger charge is 2.26. The van der Waals surface area contributed by atoms with Crippen LogP contribution in [0.15, 0.2) is 60.8 Å².